The van der Waals surface area contributed by atoms with E-state index in [2.05, 4.69) is 212 Å². The molecule has 0 amide bonds. The number of imidazole rings is 1. The molecule has 2 nitrogen and oxygen atoms in total. The van der Waals surface area contributed by atoms with Gasteiger partial charge in [0.2, 0.25) is 0 Å². The Morgan fingerprint density at radius 2 is 0.947 bits per heavy atom. The summed E-state index contributed by atoms with van der Waals surface area (Å²) in [6.45, 7) is 2.19. The fourth-order valence-electron chi connectivity index (χ4n) is 9.16. The van der Waals surface area contributed by atoms with Crippen molar-refractivity contribution in [2.45, 2.75) is 13.3 Å². The third kappa shape index (κ3) is 5.37. The molecule has 2 heteroatoms. The first-order valence-electron chi connectivity index (χ1n) is 19.9. The average Bonchev–Trinajstić information content (AvgIpc) is 3.66. The predicted molar refractivity (Wildman–Crippen MR) is 242 cm³/mol. The highest BCUT2D eigenvalue weighted by Gasteiger charge is 2.22. The van der Waals surface area contributed by atoms with E-state index in [9.17, 15) is 0 Å². The van der Waals surface area contributed by atoms with Crippen LogP contribution in [0.1, 0.15) is 12.7 Å². The van der Waals surface area contributed by atoms with Crippen LogP contribution in [0.15, 0.2) is 200 Å². The normalized spacial score (nSPS) is 11.7. The smallest absolute Gasteiger partial charge is 0.114 e. The molecule has 10 aromatic carbocycles. The Kier molecular flexibility index (Phi) is 7.82. The predicted octanol–water partition coefficient (Wildman–Crippen LogP) is 14.9. The largest absolute Gasteiger partial charge is 0.296 e. The summed E-state index contributed by atoms with van der Waals surface area (Å²) in [5.41, 5.74) is 13.2. The second kappa shape index (κ2) is 13.5. The van der Waals surface area contributed by atoms with Gasteiger partial charge >= 0.3 is 0 Å². The minimum Gasteiger partial charge on any atom is -0.296 e. The van der Waals surface area contributed by atoms with E-state index in [0.29, 0.717) is 0 Å². The van der Waals surface area contributed by atoms with Gasteiger partial charge in [-0.25, -0.2) is 4.98 Å². The molecule has 0 fully saturated rings. The quantitative estimate of drug-likeness (QED) is 0.156. The van der Waals surface area contributed by atoms with Crippen molar-refractivity contribution < 1.29 is 0 Å². The Bertz CT molecular complexity index is 3320. The highest BCUT2D eigenvalue weighted by atomic mass is 15.1. The van der Waals surface area contributed by atoms with E-state index in [1.807, 2.05) is 0 Å². The van der Waals surface area contributed by atoms with Crippen molar-refractivity contribution in [1.82, 2.24) is 9.55 Å². The summed E-state index contributed by atoms with van der Waals surface area (Å²) in [6, 6.07) is 73.3. The summed E-state index contributed by atoms with van der Waals surface area (Å²) in [7, 11) is 0. The second-order valence-corrected chi connectivity index (χ2v) is 14.9. The molecule has 0 N–H and O–H groups in total. The van der Waals surface area contributed by atoms with Crippen LogP contribution in [0.25, 0.3) is 104 Å². The number of fused-ring (bicyclic) bond motifs is 5. The third-order valence-electron chi connectivity index (χ3n) is 11.7. The number of nitrogens with zero attached hydrogens (tertiary/aromatic N) is 2. The van der Waals surface area contributed by atoms with Crippen molar-refractivity contribution in [2.75, 3.05) is 0 Å². The molecule has 0 saturated heterocycles. The summed E-state index contributed by atoms with van der Waals surface area (Å²) >= 11 is 0. The van der Waals surface area contributed by atoms with Crippen LogP contribution in [0.3, 0.4) is 0 Å². The first-order valence-corrected chi connectivity index (χ1v) is 19.9. The summed E-state index contributed by atoms with van der Waals surface area (Å²) in [5, 5.41) is 9.87. The lowest BCUT2D eigenvalue weighted by molar-refractivity contribution is 0.913. The lowest BCUT2D eigenvalue weighted by Crippen LogP contribution is -2.01. The highest BCUT2D eigenvalue weighted by Crippen LogP contribution is 2.48. The second-order valence-electron chi connectivity index (χ2n) is 14.9. The molecule has 11 rings (SSSR count). The van der Waals surface area contributed by atoms with Crippen LogP contribution in [0.4, 0.5) is 0 Å². The Morgan fingerprint density at radius 3 is 1.67 bits per heavy atom. The van der Waals surface area contributed by atoms with Gasteiger partial charge in [-0.2, -0.15) is 0 Å². The SMILES string of the molecule is CCc1nc2ccccc2n1-c1ccc(-c2c3ccccc3c(-c3cccc4cc(-c5ccccc5)ccc34)c3cc(-c4ccccc4)ccc23)c2ccccc12. The number of benzene rings is 10. The summed E-state index contributed by atoms with van der Waals surface area (Å²) in [6.07, 6.45) is 0.840. The van der Waals surface area contributed by atoms with Gasteiger partial charge in [0.15, 0.2) is 0 Å². The van der Waals surface area contributed by atoms with Gasteiger partial charge in [0.1, 0.15) is 5.82 Å². The van der Waals surface area contributed by atoms with Crippen LogP contribution in [0, 0.1) is 0 Å². The Labute approximate surface area is 331 Å². The van der Waals surface area contributed by atoms with Crippen molar-refractivity contribution in [1.29, 1.82) is 0 Å². The van der Waals surface area contributed by atoms with E-state index in [1.165, 1.54) is 87.6 Å². The molecule has 0 atom stereocenters. The van der Waals surface area contributed by atoms with Crippen molar-refractivity contribution in [2.24, 2.45) is 0 Å². The molecule has 0 bridgehead atoms. The number of aromatic nitrogens is 2. The van der Waals surface area contributed by atoms with Gasteiger partial charge in [-0.3, -0.25) is 4.57 Å². The summed E-state index contributed by atoms with van der Waals surface area (Å²) in [5.74, 6) is 1.06. The first-order chi connectivity index (χ1) is 28.2. The van der Waals surface area contributed by atoms with Gasteiger partial charge in [0.25, 0.3) is 0 Å². The van der Waals surface area contributed by atoms with Gasteiger partial charge in [0.05, 0.1) is 16.7 Å². The van der Waals surface area contributed by atoms with Crippen LogP contribution in [-0.2, 0) is 6.42 Å². The lowest BCUT2D eigenvalue weighted by atomic mass is 9.82. The minimum absolute atomic E-state index is 0.840. The van der Waals surface area contributed by atoms with E-state index in [-0.39, 0.29) is 0 Å². The number of rotatable bonds is 6. The zero-order valence-electron chi connectivity index (χ0n) is 31.7. The Morgan fingerprint density at radius 1 is 0.386 bits per heavy atom. The van der Waals surface area contributed by atoms with E-state index in [4.69, 9.17) is 4.98 Å². The van der Waals surface area contributed by atoms with Crippen molar-refractivity contribution in [3.63, 3.8) is 0 Å². The molecular weight excluding hydrogens is 689 g/mol. The van der Waals surface area contributed by atoms with Gasteiger partial charge in [-0.15, -0.1) is 0 Å². The van der Waals surface area contributed by atoms with E-state index < -0.39 is 0 Å². The van der Waals surface area contributed by atoms with Crippen LogP contribution in [0.2, 0.25) is 0 Å². The maximum absolute atomic E-state index is 5.05. The van der Waals surface area contributed by atoms with Gasteiger partial charge in [-0.05, 0) is 113 Å². The van der Waals surface area contributed by atoms with Crippen molar-refractivity contribution >= 4 is 54.1 Å². The molecule has 0 aliphatic carbocycles. The highest BCUT2D eigenvalue weighted by molar-refractivity contribution is 6.26. The first kappa shape index (κ1) is 33.1. The molecule has 0 spiro atoms. The van der Waals surface area contributed by atoms with E-state index in [1.54, 1.807) is 0 Å². The van der Waals surface area contributed by atoms with E-state index in [0.717, 1.165) is 29.0 Å². The Balaban J connectivity index is 1.22. The molecule has 268 valence electrons. The van der Waals surface area contributed by atoms with Gasteiger partial charge < -0.3 is 0 Å². The summed E-state index contributed by atoms with van der Waals surface area (Å²) < 4.78 is 2.36. The van der Waals surface area contributed by atoms with Crippen LogP contribution in [0.5, 0.6) is 0 Å². The fraction of sp³-hybridized carbons (Fsp3) is 0.0364. The van der Waals surface area contributed by atoms with Crippen LogP contribution < -0.4 is 0 Å². The van der Waals surface area contributed by atoms with Crippen LogP contribution in [-0.4, -0.2) is 9.55 Å². The molecular formula is C55H38N2. The number of para-hydroxylation sites is 2. The maximum Gasteiger partial charge on any atom is 0.114 e. The molecule has 11 aromatic rings. The van der Waals surface area contributed by atoms with Crippen molar-refractivity contribution in [3.8, 4) is 50.2 Å². The molecule has 57 heavy (non-hydrogen) atoms. The van der Waals surface area contributed by atoms with Crippen LogP contribution >= 0.6 is 0 Å². The zero-order valence-corrected chi connectivity index (χ0v) is 31.7. The van der Waals surface area contributed by atoms with Gasteiger partial charge in [-0.1, -0.05) is 177 Å². The van der Waals surface area contributed by atoms with Gasteiger partial charge in [0, 0.05) is 11.8 Å². The fourth-order valence-corrected chi connectivity index (χ4v) is 9.16. The molecule has 0 aliphatic heterocycles. The Hall–Kier alpha value is -7.29. The molecule has 0 aliphatic rings. The van der Waals surface area contributed by atoms with E-state index >= 15 is 0 Å². The van der Waals surface area contributed by atoms with Crippen molar-refractivity contribution in [3.05, 3.63) is 206 Å². The third-order valence-corrected chi connectivity index (χ3v) is 11.7. The number of hydrogen-bond acceptors (Lipinski definition) is 1. The lowest BCUT2D eigenvalue weighted by Gasteiger charge is -2.21. The topological polar surface area (TPSA) is 17.8 Å². The number of hydrogen-bond donors (Lipinski definition) is 0. The average molecular weight is 727 g/mol. The molecule has 0 radical (unpaired) electrons. The summed E-state index contributed by atoms with van der Waals surface area (Å²) in [4.78, 5) is 5.05. The molecule has 1 heterocycles. The number of aryl methyl sites for hydroxylation is 1. The standard InChI is InChI=1S/C55H38N2/c1-2-53-56-50-26-13-14-27-52(50)57(53)51-33-32-47(42-21-9-10-22-43(42)51)54-45-23-11-12-24-46(45)55(49-35-39(29-31-48(49)54)37-18-7-4-8-19-37)44-25-15-20-40-34-38(28-30-41(40)44)36-16-5-3-6-17-36/h3-35H,2H2,1H3. The zero-order chi connectivity index (χ0) is 37.9. The maximum atomic E-state index is 5.05. The monoisotopic (exact) mass is 726 g/mol. The molecule has 0 unspecified atom stereocenters. The molecule has 0 saturated carbocycles. The minimum atomic E-state index is 0.840. The molecule has 1 aromatic heterocycles.